The van der Waals surface area contributed by atoms with Crippen molar-refractivity contribution in [3.8, 4) is 11.5 Å². The van der Waals surface area contributed by atoms with Gasteiger partial charge in [-0.05, 0) is 61.4 Å². The van der Waals surface area contributed by atoms with E-state index in [2.05, 4.69) is 10.0 Å². The van der Waals surface area contributed by atoms with E-state index in [1.54, 1.807) is 24.3 Å². The number of hydrogen-bond donors (Lipinski definition) is 2. The molecule has 2 aromatic rings. The van der Waals surface area contributed by atoms with E-state index in [9.17, 15) is 13.2 Å². The predicted molar refractivity (Wildman–Crippen MR) is 108 cm³/mol. The predicted octanol–water partition coefficient (Wildman–Crippen LogP) is 2.17. The van der Waals surface area contributed by atoms with Gasteiger partial charge in [-0.2, -0.15) is 0 Å². The number of rotatable bonds is 9. The Hall–Kier alpha value is -2.78. The normalized spacial score (nSPS) is 16.2. The van der Waals surface area contributed by atoms with Crippen molar-refractivity contribution in [1.82, 2.24) is 5.32 Å². The lowest BCUT2D eigenvalue weighted by Crippen LogP contribution is -2.35. The molecule has 0 unspecified atom stereocenters. The highest BCUT2D eigenvalue weighted by molar-refractivity contribution is 7.92. The molecule has 3 rings (SSSR count). The number of hydrogen-bond acceptors (Lipinski definition) is 6. The first kappa shape index (κ1) is 20.9. The topological polar surface area (TPSA) is 103 Å². The van der Waals surface area contributed by atoms with Crippen LogP contribution < -0.4 is 19.5 Å². The van der Waals surface area contributed by atoms with Crippen LogP contribution in [0.15, 0.2) is 53.4 Å². The van der Waals surface area contributed by atoms with Crippen molar-refractivity contribution in [3.05, 3.63) is 48.5 Å². The first-order valence-corrected chi connectivity index (χ1v) is 10.7. The van der Waals surface area contributed by atoms with Gasteiger partial charge in [-0.15, -0.1) is 0 Å². The van der Waals surface area contributed by atoms with Crippen LogP contribution in [0, 0.1) is 0 Å². The largest absolute Gasteiger partial charge is 0.497 e. The standard InChI is InChI=1S/C20H24N2O6S/c1-26-16-6-4-15(5-7-16)22-29(24,25)19-10-8-17(9-11-19)28-14-20(23)21-13-18-3-2-12-27-18/h4-11,18,22H,2-3,12-14H2,1H3,(H,21,23)/t18-/m0/s1. The van der Waals surface area contributed by atoms with Crippen LogP contribution >= 0.6 is 0 Å². The molecule has 1 saturated heterocycles. The maximum absolute atomic E-state index is 12.5. The van der Waals surface area contributed by atoms with Crippen molar-refractivity contribution in [2.24, 2.45) is 0 Å². The number of anilines is 1. The van der Waals surface area contributed by atoms with E-state index < -0.39 is 10.0 Å². The monoisotopic (exact) mass is 420 g/mol. The number of nitrogens with one attached hydrogen (secondary N) is 2. The van der Waals surface area contributed by atoms with E-state index in [0.717, 1.165) is 19.4 Å². The minimum atomic E-state index is -3.74. The molecular weight excluding hydrogens is 396 g/mol. The van der Waals surface area contributed by atoms with Crippen molar-refractivity contribution in [3.63, 3.8) is 0 Å². The summed E-state index contributed by atoms with van der Waals surface area (Å²) in [6, 6.07) is 12.4. The summed E-state index contributed by atoms with van der Waals surface area (Å²) >= 11 is 0. The van der Waals surface area contributed by atoms with Crippen LogP contribution in [0.5, 0.6) is 11.5 Å². The number of sulfonamides is 1. The Morgan fingerprint density at radius 1 is 1.10 bits per heavy atom. The quantitative estimate of drug-likeness (QED) is 0.645. The molecule has 1 atom stereocenters. The summed E-state index contributed by atoms with van der Waals surface area (Å²) in [6.45, 7) is 1.05. The Morgan fingerprint density at radius 2 is 1.79 bits per heavy atom. The first-order valence-electron chi connectivity index (χ1n) is 9.24. The third-order valence-corrected chi connectivity index (χ3v) is 5.79. The summed E-state index contributed by atoms with van der Waals surface area (Å²) in [7, 11) is -2.20. The molecule has 0 aliphatic carbocycles. The fraction of sp³-hybridized carbons (Fsp3) is 0.350. The van der Waals surface area contributed by atoms with E-state index in [1.807, 2.05) is 0 Å². The number of methoxy groups -OCH3 is 1. The third-order valence-electron chi connectivity index (χ3n) is 4.40. The van der Waals surface area contributed by atoms with Crippen LogP contribution in [0.3, 0.4) is 0 Å². The molecule has 1 fully saturated rings. The molecule has 156 valence electrons. The molecule has 0 spiro atoms. The van der Waals surface area contributed by atoms with Crippen LogP contribution in [0.1, 0.15) is 12.8 Å². The Bertz CT molecular complexity index is 907. The molecule has 0 saturated carbocycles. The van der Waals surface area contributed by atoms with Crippen molar-refractivity contribution in [2.45, 2.75) is 23.8 Å². The molecule has 0 radical (unpaired) electrons. The SMILES string of the molecule is COc1ccc(NS(=O)(=O)c2ccc(OCC(=O)NC[C@@H]3CCCO3)cc2)cc1. The summed E-state index contributed by atoms with van der Waals surface area (Å²) in [6.07, 6.45) is 2.03. The molecule has 9 heteroatoms. The highest BCUT2D eigenvalue weighted by atomic mass is 32.2. The Labute approximate surface area is 170 Å². The zero-order chi connectivity index (χ0) is 20.7. The molecule has 1 aliphatic heterocycles. The van der Waals surface area contributed by atoms with Gasteiger partial charge in [0.15, 0.2) is 6.61 Å². The maximum atomic E-state index is 12.5. The van der Waals surface area contributed by atoms with Gasteiger partial charge in [0, 0.05) is 18.8 Å². The van der Waals surface area contributed by atoms with Gasteiger partial charge in [-0.1, -0.05) is 0 Å². The molecule has 1 aliphatic rings. The molecule has 2 N–H and O–H groups in total. The van der Waals surface area contributed by atoms with Gasteiger partial charge in [0.05, 0.1) is 18.1 Å². The van der Waals surface area contributed by atoms with Crippen LogP contribution in [-0.4, -0.2) is 47.3 Å². The lowest BCUT2D eigenvalue weighted by Gasteiger charge is -2.12. The molecule has 8 nitrogen and oxygen atoms in total. The highest BCUT2D eigenvalue weighted by Crippen LogP contribution is 2.21. The summed E-state index contributed by atoms with van der Waals surface area (Å²) in [5.74, 6) is 0.785. The minimum Gasteiger partial charge on any atom is -0.497 e. The van der Waals surface area contributed by atoms with Crippen LogP contribution in [-0.2, 0) is 19.6 Å². The molecular formula is C20H24N2O6S. The zero-order valence-corrected chi connectivity index (χ0v) is 16.9. The molecule has 0 bridgehead atoms. The summed E-state index contributed by atoms with van der Waals surface area (Å²) < 4.78 is 43.4. The third kappa shape index (κ3) is 6.10. The fourth-order valence-electron chi connectivity index (χ4n) is 2.82. The highest BCUT2D eigenvalue weighted by Gasteiger charge is 2.17. The number of amides is 1. The average Bonchev–Trinajstić information content (AvgIpc) is 3.25. The van der Waals surface area contributed by atoms with Crippen LogP contribution in [0.25, 0.3) is 0 Å². The average molecular weight is 420 g/mol. The van der Waals surface area contributed by atoms with E-state index in [1.165, 1.54) is 31.4 Å². The summed E-state index contributed by atoms with van der Waals surface area (Å²) in [5.41, 5.74) is 0.425. The van der Waals surface area contributed by atoms with E-state index >= 15 is 0 Å². The number of carbonyl (C=O) groups is 1. The zero-order valence-electron chi connectivity index (χ0n) is 16.1. The smallest absolute Gasteiger partial charge is 0.261 e. The first-order chi connectivity index (χ1) is 14.0. The molecule has 29 heavy (non-hydrogen) atoms. The Balaban J connectivity index is 1.50. The molecule has 0 aromatic heterocycles. The lowest BCUT2D eigenvalue weighted by molar-refractivity contribution is -0.123. The second kappa shape index (κ2) is 9.62. The van der Waals surface area contributed by atoms with Gasteiger partial charge >= 0.3 is 0 Å². The van der Waals surface area contributed by atoms with Gasteiger partial charge in [-0.3, -0.25) is 9.52 Å². The second-order valence-corrected chi connectivity index (χ2v) is 8.22. The Kier molecular flexibility index (Phi) is 6.95. The van der Waals surface area contributed by atoms with Crippen LogP contribution in [0.2, 0.25) is 0 Å². The van der Waals surface area contributed by atoms with Crippen LogP contribution in [0.4, 0.5) is 5.69 Å². The number of benzene rings is 2. The fourth-order valence-corrected chi connectivity index (χ4v) is 3.88. The molecule has 2 aromatic carbocycles. The molecule has 1 heterocycles. The van der Waals surface area contributed by atoms with E-state index in [-0.39, 0.29) is 23.5 Å². The van der Waals surface area contributed by atoms with Crippen molar-refractivity contribution >= 4 is 21.6 Å². The molecule has 1 amide bonds. The van der Waals surface area contributed by atoms with Gasteiger partial charge in [0.1, 0.15) is 11.5 Å². The van der Waals surface area contributed by atoms with E-state index in [4.69, 9.17) is 14.2 Å². The van der Waals surface area contributed by atoms with Crippen molar-refractivity contribution in [2.75, 3.05) is 31.6 Å². The number of ether oxygens (including phenoxy) is 3. The lowest BCUT2D eigenvalue weighted by atomic mass is 10.2. The number of carbonyl (C=O) groups excluding carboxylic acids is 1. The van der Waals surface area contributed by atoms with Gasteiger partial charge < -0.3 is 19.5 Å². The second-order valence-electron chi connectivity index (χ2n) is 6.53. The maximum Gasteiger partial charge on any atom is 0.261 e. The van der Waals surface area contributed by atoms with E-state index in [0.29, 0.717) is 23.7 Å². The minimum absolute atomic E-state index is 0.0710. The van der Waals surface area contributed by atoms with Gasteiger partial charge in [0.2, 0.25) is 0 Å². The van der Waals surface area contributed by atoms with Crippen molar-refractivity contribution < 1.29 is 27.4 Å². The van der Waals surface area contributed by atoms with Crippen molar-refractivity contribution in [1.29, 1.82) is 0 Å². The van der Waals surface area contributed by atoms with Gasteiger partial charge in [0.25, 0.3) is 15.9 Å². The summed E-state index contributed by atoms with van der Waals surface area (Å²) in [4.78, 5) is 11.9. The Morgan fingerprint density at radius 3 is 2.41 bits per heavy atom. The summed E-state index contributed by atoms with van der Waals surface area (Å²) in [5, 5.41) is 2.76. The van der Waals surface area contributed by atoms with Gasteiger partial charge in [-0.25, -0.2) is 8.42 Å².